The second-order valence-corrected chi connectivity index (χ2v) is 11.2. The largest absolute Gasteiger partial charge is 0.460 e. The van der Waals surface area contributed by atoms with Gasteiger partial charge in [0.15, 0.2) is 6.04 Å². The summed E-state index contributed by atoms with van der Waals surface area (Å²) in [5.74, 6) is -0.343. The average molecular weight is 494 g/mol. The lowest BCUT2D eigenvalue weighted by Gasteiger charge is -2.46. The van der Waals surface area contributed by atoms with E-state index in [-0.39, 0.29) is 24.0 Å². The van der Waals surface area contributed by atoms with Crippen LogP contribution in [0.5, 0.6) is 0 Å². The summed E-state index contributed by atoms with van der Waals surface area (Å²) < 4.78 is 12.1. The van der Waals surface area contributed by atoms with Crippen molar-refractivity contribution in [2.45, 2.75) is 76.3 Å². The predicted molar refractivity (Wildman–Crippen MR) is 136 cm³/mol. The van der Waals surface area contributed by atoms with Crippen LogP contribution in [0.2, 0.25) is 0 Å². The van der Waals surface area contributed by atoms with Crippen LogP contribution in [0, 0.1) is 0 Å². The third kappa shape index (κ3) is 5.95. The van der Waals surface area contributed by atoms with Gasteiger partial charge in [0.05, 0.1) is 19.1 Å². The normalized spacial score (nSPS) is 26.1. The molecule has 2 aromatic carbocycles. The summed E-state index contributed by atoms with van der Waals surface area (Å²) in [6.07, 6.45) is 2.51. The maximum absolute atomic E-state index is 13.3. The van der Waals surface area contributed by atoms with Gasteiger partial charge in [-0.1, -0.05) is 60.7 Å². The molecule has 2 heterocycles. The fourth-order valence-corrected chi connectivity index (χ4v) is 5.65. The number of quaternary nitrogens is 1. The number of carbonyl (C=O) groups is 3. The molecule has 0 spiro atoms. The minimum Gasteiger partial charge on any atom is -0.460 e. The van der Waals surface area contributed by atoms with Crippen molar-refractivity contribution in [3.8, 4) is 0 Å². The molecule has 192 valence electrons. The van der Waals surface area contributed by atoms with E-state index in [4.69, 9.17) is 9.47 Å². The molecular weight excluding hydrogens is 456 g/mol. The summed E-state index contributed by atoms with van der Waals surface area (Å²) in [7, 11) is 2.16. The Morgan fingerprint density at radius 2 is 1.50 bits per heavy atom. The van der Waals surface area contributed by atoms with Crippen molar-refractivity contribution in [1.82, 2.24) is 5.32 Å². The van der Waals surface area contributed by atoms with Crippen molar-refractivity contribution in [2.75, 3.05) is 13.6 Å². The van der Waals surface area contributed by atoms with Crippen LogP contribution in [0.15, 0.2) is 60.7 Å². The molecule has 2 fully saturated rings. The van der Waals surface area contributed by atoms with Gasteiger partial charge in [-0.3, -0.25) is 4.79 Å². The lowest BCUT2D eigenvalue weighted by atomic mass is 9.95. The summed E-state index contributed by atoms with van der Waals surface area (Å²) in [5.41, 5.74) is 0.696. The summed E-state index contributed by atoms with van der Waals surface area (Å²) in [5, 5.41) is 2.69. The van der Waals surface area contributed by atoms with E-state index in [0.29, 0.717) is 29.4 Å². The molecule has 2 saturated heterocycles. The van der Waals surface area contributed by atoms with E-state index in [0.717, 1.165) is 18.4 Å². The first kappa shape index (κ1) is 25.9. The Balaban J connectivity index is 1.43. The molecule has 7 heteroatoms. The van der Waals surface area contributed by atoms with Crippen LogP contribution < -0.4 is 5.32 Å². The smallest absolute Gasteiger partial charge is 0.408 e. The van der Waals surface area contributed by atoms with Crippen LogP contribution in [-0.2, 0) is 14.3 Å². The molecule has 3 atom stereocenters. The van der Waals surface area contributed by atoms with Crippen molar-refractivity contribution in [3.63, 3.8) is 0 Å². The van der Waals surface area contributed by atoms with Crippen LogP contribution >= 0.6 is 0 Å². The maximum atomic E-state index is 13.3. The minimum atomic E-state index is -0.957. The first-order valence-electron chi connectivity index (χ1n) is 12.7. The van der Waals surface area contributed by atoms with Gasteiger partial charge in [0.1, 0.15) is 18.2 Å². The SMILES string of the molecule is CC(C)(C)OC(=O)NC(C(=O)OC1CC2CCC(C1)[N+]2(C)CC(=O)c1ccccc1)c1ccccc1. The van der Waals surface area contributed by atoms with Crippen molar-refractivity contribution in [2.24, 2.45) is 0 Å². The lowest BCUT2D eigenvalue weighted by Crippen LogP contribution is -2.61. The number of likely N-dealkylation sites (N-methyl/N-ethyl adjacent to an activating group) is 1. The number of ether oxygens (including phenoxy) is 2. The molecule has 0 aliphatic carbocycles. The highest BCUT2D eigenvalue weighted by Crippen LogP contribution is 2.42. The summed E-state index contributed by atoms with van der Waals surface area (Å²) >= 11 is 0. The molecule has 0 saturated carbocycles. The maximum Gasteiger partial charge on any atom is 0.408 e. The van der Waals surface area contributed by atoms with Crippen LogP contribution in [0.4, 0.5) is 4.79 Å². The highest BCUT2D eigenvalue weighted by atomic mass is 16.6. The number of hydrogen-bond acceptors (Lipinski definition) is 5. The van der Waals surface area contributed by atoms with E-state index >= 15 is 0 Å². The Morgan fingerprint density at radius 3 is 2.06 bits per heavy atom. The highest BCUT2D eigenvalue weighted by Gasteiger charge is 2.53. The zero-order valence-corrected chi connectivity index (χ0v) is 21.6. The number of hydrogen-bond donors (Lipinski definition) is 1. The molecule has 2 aliphatic heterocycles. The molecule has 7 nitrogen and oxygen atoms in total. The molecule has 0 radical (unpaired) electrons. The van der Waals surface area contributed by atoms with E-state index in [9.17, 15) is 14.4 Å². The van der Waals surface area contributed by atoms with Gasteiger partial charge in [-0.15, -0.1) is 0 Å². The number of rotatable bonds is 7. The second-order valence-electron chi connectivity index (χ2n) is 11.2. The molecule has 0 aromatic heterocycles. The number of fused-ring (bicyclic) bond motifs is 2. The van der Waals surface area contributed by atoms with Gasteiger partial charge in [0, 0.05) is 31.2 Å². The number of alkyl carbamates (subject to hydrolysis) is 1. The Hall–Kier alpha value is -3.19. The molecule has 1 N–H and O–H groups in total. The monoisotopic (exact) mass is 493 g/mol. The number of esters is 1. The number of Topliss-reactive ketones (excluding diaryl/α,β-unsaturated/α-hetero) is 1. The summed E-state index contributed by atoms with van der Waals surface area (Å²) in [4.78, 5) is 38.8. The minimum absolute atomic E-state index is 0.149. The third-order valence-corrected chi connectivity index (χ3v) is 7.46. The van der Waals surface area contributed by atoms with Gasteiger partial charge in [-0.25, -0.2) is 9.59 Å². The number of carbonyl (C=O) groups excluding carboxylic acids is 3. The molecule has 4 rings (SSSR count). The van der Waals surface area contributed by atoms with E-state index in [1.165, 1.54) is 0 Å². The van der Waals surface area contributed by atoms with Gasteiger partial charge < -0.3 is 19.3 Å². The van der Waals surface area contributed by atoms with Crippen molar-refractivity contribution >= 4 is 17.8 Å². The Morgan fingerprint density at radius 1 is 0.944 bits per heavy atom. The van der Waals surface area contributed by atoms with Crippen LogP contribution in [0.25, 0.3) is 0 Å². The van der Waals surface area contributed by atoms with E-state index < -0.39 is 23.7 Å². The zero-order valence-electron chi connectivity index (χ0n) is 21.6. The fourth-order valence-electron chi connectivity index (χ4n) is 5.65. The molecule has 3 unspecified atom stereocenters. The molecule has 2 aliphatic rings. The second kappa shape index (κ2) is 10.4. The van der Waals surface area contributed by atoms with Gasteiger partial charge in [0.25, 0.3) is 0 Å². The number of nitrogens with zero attached hydrogens (tertiary/aromatic N) is 1. The predicted octanol–water partition coefficient (Wildman–Crippen LogP) is 4.82. The van der Waals surface area contributed by atoms with Gasteiger partial charge in [-0.2, -0.15) is 0 Å². The van der Waals surface area contributed by atoms with Crippen LogP contribution in [-0.4, -0.2) is 59.7 Å². The average Bonchev–Trinajstić information content (AvgIpc) is 2.98. The summed E-state index contributed by atoms with van der Waals surface area (Å²) in [6, 6.07) is 18.0. The summed E-state index contributed by atoms with van der Waals surface area (Å²) in [6.45, 7) is 5.78. The lowest BCUT2D eigenvalue weighted by molar-refractivity contribution is -0.941. The number of ketones is 1. The standard InChI is InChI=1S/C29H36N2O5/c1-29(2,3)36-28(34)30-26(21-13-9-6-10-14-21)27(33)35-24-17-22-15-16-23(18-24)31(22,4)19-25(32)20-11-7-5-8-12-20/h5-14,22-24,26H,15-19H2,1-4H3/p+1. The Kier molecular flexibility index (Phi) is 7.50. The van der Waals surface area contributed by atoms with Gasteiger partial charge >= 0.3 is 12.1 Å². The number of amides is 1. The molecular formula is C29H37N2O5+. The molecule has 2 aromatic rings. The quantitative estimate of drug-likeness (QED) is 0.340. The molecule has 2 bridgehead atoms. The Labute approximate surface area is 213 Å². The zero-order chi connectivity index (χ0) is 25.9. The van der Waals surface area contributed by atoms with Crippen LogP contribution in [0.1, 0.15) is 68.4 Å². The first-order chi connectivity index (χ1) is 17.0. The van der Waals surface area contributed by atoms with E-state index in [1.807, 2.05) is 48.5 Å². The molecule has 1 amide bonds. The fraction of sp³-hybridized carbons (Fsp3) is 0.483. The number of piperidine rings is 1. The van der Waals surface area contributed by atoms with Crippen molar-refractivity contribution in [3.05, 3.63) is 71.8 Å². The van der Waals surface area contributed by atoms with E-state index in [2.05, 4.69) is 12.4 Å². The van der Waals surface area contributed by atoms with Crippen molar-refractivity contribution in [1.29, 1.82) is 0 Å². The third-order valence-electron chi connectivity index (χ3n) is 7.46. The topological polar surface area (TPSA) is 81.7 Å². The highest BCUT2D eigenvalue weighted by molar-refractivity contribution is 5.97. The van der Waals surface area contributed by atoms with E-state index in [1.54, 1.807) is 32.9 Å². The first-order valence-corrected chi connectivity index (χ1v) is 12.7. The number of nitrogens with one attached hydrogen (secondary N) is 1. The number of benzene rings is 2. The Bertz CT molecular complexity index is 1070. The van der Waals surface area contributed by atoms with Crippen LogP contribution in [0.3, 0.4) is 0 Å². The van der Waals surface area contributed by atoms with Gasteiger partial charge in [0.2, 0.25) is 5.78 Å². The van der Waals surface area contributed by atoms with Gasteiger partial charge in [-0.05, 0) is 26.3 Å². The molecule has 36 heavy (non-hydrogen) atoms. The van der Waals surface area contributed by atoms with Crippen molar-refractivity contribution < 1.29 is 28.3 Å².